The van der Waals surface area contributed by atoms with Crippen LogP contribution in [-0.4, -0.2) is 33.7 Å². The van der Waals surface area contributed by atoms with Crippen LogP contribution in [0.5, 0.6) is 0 Å². The molecule has 0 saturated heterocycles. The van der Waals surface area contributed by atoms with Crippen molar-refractivity contribution in [2.45, 2.75) is 0 Å². The summed E-state index contributed by atoms with van der Waals surface area (Å²) in [5.41, 5.74) is 3.42. The van der Waals surface area contributed by atoms with Crippen LogP contribution in [0.25, 0.3) is 27.7 Å². The van der Waals surface area contributed by atoms with E-state index in [0.717, 1.165) is 21.8 Å². The van der Waals surface area contributed by atoms with E-state index in [1.165, 1.54) is 21.9 Å². The first kappa shape index (κ1) is 17.1. The molecule has 4 rings (SSSR count). The predicted octanol–water partition coefficient (Wildman–Crippen LogP) is 3.45. The molecule has 27 heavy (non-hydrogen) atoms. The molecule has 0 aliphatic heterocycles. The van der Waals surface area contributed by atoms with Gasteiger partial charge in [-0.3, -0.25) is 9.78 Å². The van der Waals surface area contributed by atoms with Gasteiger partial charge in [0.25, 0.3) is 5.56 Å². The van der Waals surface area contributed by atoms with Crippen LogP contribution >= 0.6 is 11.3 Å². The first-order chi connectivity index (χ1) is 13.1. The van der Waals surface area contributed by atoms with Gasteiger partial charge in [0.2, 0.25) is 4.96 Å². The SMILES string of the molecule is CN(C)c1ccc(-c2nn3c(=O)cc(C=Cc4cccnc4)nc3s2)cc1. The molecular formula is C20H17N5OS. The molecule has 0 radical (unpaired) electrons. The minimum Gasteiger partial charge on any atom is -0.378 e. The first-order valence-corrected chi connectivity index (χ1v) is 9.18. The topological polar surface area (TPSA) is 63.4 Å². The number of pyridine rings is 1. The predicted molar refractivity (Wildman–Crippen MR) is 110 cm³/mol. The Balaban J connectivity index is 1.69. The monoisotopic (exact) mass is 375 g/mol. The fourth-order valence-corrected chi connectivity index (χ4v) is 3.51. The Morgan fingerprint density at radius 2 is 1.93 bits per heavy atom. The fraction of sp³-hybridized carbons (Fsp3) is 0.100. The number of nitrogens with zero attached hydrogens (tertiary/aromatic N) is 5. The number of anilines is 1. The highest BCUT2D eigenvalue weighted by atomic mass is 32.1. The van der Waals surface area contributed by atoms with Gasteiger partial charge < -0.3 is 4.90 Å². The molecule has 0 bridgehead atoms. The van der Waals surface area contributed by atoms with Crippen molar-refractivity contribution < 1.29 is 0 Å². The second kappa shape index (κ2) is 7.13. The average molecular weight is 375 g/mol. The minimum atomic E-state index is -0.196. The first-order valence-electron chi connectivity index (χ1n) is 8.37. The molecule has 7 heteroatoms. The summed E-state index contributed by atoms with van der Waals surface area (Å²) < 4.78 is 1.35. The Morgan fingerprint density at radius 3 is 2.63 bits per heavy atom. The summed E-state index contributed by atoms with van der Waals surface area (Å²) in [7, 11) is 3.99. The van der Waals surface area contributed by atoms with Crippen LogP contribution < -0.4 is 10.5 Å². The van der Waals surface area contributed by atoms with Crippen molar-refractivity contribution in [3.8, 4) is 10.6 Å². The van der Waals surface area contributed by atoms with Gasteiger partial charge in [0.05, 0.1) is 5.69 Å². The average Bonchev–Trinajstić information content (AvgIpc) is 3.12. The van der Waals surface area contributed by atoms with Gasteiger partial charge in [0.1, 0.15) is 5.01 Å². The third kappa shape index (κ3) is 3.63. The van der Waals surface area contributed by atoms with E-state index < -0.39 is 0 Å². The minimum absolute atomic E-state index is 0.196. The molecule has 4 aromatic rings. The van der Waals surface area contributed by atoms with E-state index >= 15 is 0 Å². The lowest BCUT2D eigenvalue weighted by Crippen LogP contribution is -2.14. The van der Waals surface area contributed by atoms with Gasteiger partial charge in [-0.2, -0.15) is 9.61 Å². The zero-order valence-corrected chi connectivity index (χ0v) is 15.7. The molecule has 0 fully saturated rings. The molecule has 1 aromatic carbocycles. The molecule has 6 nitrogen and oxygen atoms in total. The molecular weight excluding hydrogens is 358 g/mol. The lowest BCUT2D eigenvalue weighted by molar-refractivity contribution is 0.901. The number of benzene rings is 1. The molecule has 3 aromatic heterocycles. The Hall–Kier alpha value is -3.32. The number of hydrogen-bond donors (Lipinski definition) is 0. The van der Waals surface area contributed by atoms with Crippen molar-refractivity contribution in [2.75, 3.05) is 19.0 Å². The van der Waals surface area contributed by atoms with Gasteiger partial charge in [-0.15, -0.1) is 0 Å². The highest BCUT2D eigenvalue weighted by Gasteiger charge is 2.10. The van der Waals surface area contributed by atoms with E-state index in [2.05, 4.69) is 15.1 Å². The Morgan fingerprint density at radius 1 is 1.11 bits per heavy atom. The van der Waals surface area contributed by atoms with Crippen molar-refractivity contribution in [2.24, 2.45) is 0 Å². The Kier molecular flexibility index (Phi) is 4.52. The zero-order valence-electron chi connectivity index (χ0n) is 14.9. The molecule has 3 heterocycles. The number of rotatable bonds is 4. The third-order valence-electron chi connectivity index (χ3n) is 4.03. The fourth-order valence-electron chi connectivity index (χ4n) is 2.59. The standard InChI is InChI=1S/C20H17N5OS/c1-24(2)17-9-6-15(7-10-17)19-23-25-18(26)12-16(22-20(25)27-19)8-5-14-4-3-11-21-13-14/h3-13H,1-2H3. The summed E-state index contributed by atoms with van der Waals surface area (Å²) in [5.74, 6) is 0. The van der Waals surface area contributed by atoms with E-state index in [-0.39, 0.29) is 5.56 Å². The van der Waals surface area contributed by atoms with E-state index in [4.69, 9.17) is 0 Å². The summed E-state index contributed by atoms with van der Waals surface area (Å²) in [5, 5.41) is 5.19. The molecule has 0 aliphatic carbocycles. The summed E-state index contributed by atoms with van der Waals surface area (Å²) in [4.78, 5) is 23.6. The summed E-state index contributed by atoms with van der Waals surface area (Å²) in [6, 6.07) is 13.3. The highest BCUT2D eigenvalue weighted by Crippen LogP contribution is 2.26. The van der Waals surface area contributed by atoms with Crippen LogP contribution in [0, 0.1) is 0 Å². The van der Waals surface area contributed by atoms with Crippen molar-refractivity contribution in [3.05, 3.63) is 76.5 Å². The summed E-state index contributed by atoms with van der Waals surface area (Å²) >= 11 is 1.40. The Labute approximate surface area is 160 Å². The van der Waals surface area contributed by atoms with Gasteiger partial charge in [0, 0.05) is 43.8 Å². The van der Waals surface area contributed by atoms with Gasteiger partial charge >= 0.3 is 0 Å². The molecule has 0 saturated carbocycles. The van der Waals surface area contributed by atoms with Crippen molar-refractivity contribution >= 4 is 34.1 Å². The summed E-state index contributed by atoms with van der Waals surface area (Å²) in [6.07, 6.45) is 7.17. The maximum absolute atomic E-state index is 12.4. The normalized spacial score (nSPS) is 11.3. The van der Waals surface area contributed by atoms with Crippen LogP contribution in [0.1, 0.15) is 11.3 Å². The summed E-state index contributed by atoms with van der Waals surface area (Å²) in [6.45, 7) is 0. The quantitative estimate of drug-likeness (QED) is 0.547. The van der Waals surface area contributed by atoms with Crippen LogP contribution in [0.3, 0.4) is 0 Å². The smallest absolute Gasteiger partial charge is 0.275 e. The molecule has 0 N–H and O–H groups in total. The Bertz CT molecular complexity index is 1160. The van der Waals surface area contributed by atoms with Crippen LogP contribution in [0.2, 0.25) is 0 Å². The molecule has 0 atom stereocenters. The van der Waals surface area contributed by atoms with E-state index in [1.54, 1.807) is 12.4 Å². The molecule has 134 valence electrons. The molecule has 0 unspecified atom stereocenters. The van der Waals surface area contributed by atoms with Crippen LogP contribution in [-0.2, 0) is 0 Å². The lowest BCUT2D eigenvalue weighted by atomic mass is 10.2. The van der Waals surface area contributed by atoms with E-state index in [1.807, 2.05) is 67.5 Å². The van der Waals surface area contributed by atoms with Crippen molar-refractivity contribution in [1.82, 2.24) is 19.6 Å². The number of aromatic nitrogens is 4. The zero-order chi connectivity index (χ0) is 18.8. The van der Waals surface area contributed by atoms with E-state index in [0.29, 0.717) is 10.7 Å². The van der Waals surface area contributed by atoms with Crippen LogP contribution in [0.4, 0.5) is 5.69 Å². The molecule has 0 spiro atoms. The maximum atomic E-state index is 12.4. The van der Waals surface area contributed by atoms with Gasteiger partial charge in [0.15, 0.2) is 0 Å². The molecule has 0 amide bonds. The third-order valence-corrected chi connectivity index (χ3v) is 4.98. The second-order valence-electron chi connectivity index (χ2n) is 6.18. The number of fused-ring (bicyclic) bond motifs is 1. The number of hydrogen-bond acceptors (Lipinski definition) is 6. The van der Waals surface area contributed by atoms with E-state index in [9.17, 15) is 4.79 Å². The maximum Gasteiger partial charge on any atom is 0.275 e. The second-order valence-corrected chi connectivity index (χ2v) is 7.14. The van der Waals surface area contributed by atoms with Gasteiger partial charge in [-0.05, 0) is 42.0 Å². The molecule has 0 aliphatic rings. The lowest BCUT2D eigenvalue weighted by Gasteiger charge is -2.11. The largest absolute Gasteiger partial charge is 0.378 e. The van der Waals surface area contributed by atoms with Crippen LogP contribution in [0.15, 0.2) is 59.7 Å². The van der Waals surface area contributed by atoms with Gasteiger partial charge in [-0.25, -0.2) is 4.98 Å². The highest BCUT2D eigenvalue weighted by molar-refractivity contribution is 7.19. The van der Waals surface area contributed by atoms with Crippen molar-refractivity contribution in [3.63, 3.8) is 0 Å². The van der Waals surface area contributed by atoms with Crippen molar-refractivity contribution in [1.29, 1.82) is 0 Å². The van der Waals surface area contributed by atoms with Gasteiger partial charge in [-0.1, -0.05) is 23.5 Å².